The van der Waals surface area contributed by atoms with Crippen molar-refractivity contribution in [2.45, 2.75) is 26.7 Å². The van der Waals surface area contributed by atoms with Gasteiger partial charge in [-0.1, -0.05) is 6.92 Å². The van der Waals surface area contributed by atoms with E-state index in [4.69, 9.17) is 0 Å². The Hall–Kier alpha value is -1.28. The molecular weight excluding hydrogens is 208 g/mol. The first-order valence-corrected chi connectivity index (χ1v) is 6.59. The van der Waals surface area contributed by atoms with Crippen molar-refractivity contribution >= 4 is 10.9 Å². The van der Waals surface area contributed by atoms with E-state index >= 15 is 0 Å². The average Bonchev–Trinajstić information content (AvgIpc) is 2.55. The molecule has 1 aromatic heterocycles. The van der Waals surface area contributed by atoms with Gasteiger partial charge < -0.3 is 9.88 Å². The zero-order valence-corrected chi connectivity index (χ0v) is 10.7. The molecule has 1 N–H and O–H groups in total. The van der Waals surface area contributed by atoms with Gasteiger partial charge in [-0.05, 0) is 61.0 Å². The van der Waals surface area contributed by atoms with Crippen molar-refractivity contribution in [3.05, 3.63) is 35.0 Å². The number of aromatic amines is 1. The van der Waals surface area contributed by atoms with Gasteiger partial charge in [0.25, 0.3) is 0 Å². The molecular formula is C15H20N2. The van der Waals surface area contributed by atoms with E-state index in [-0.39, 0.29) is 0 Å². The SMILES string of the molecule is CCN1CCc2cc3cc(C)[nH]c3cc2CC1. The summed E-state index contributed by atoms with van der Waals surface area (Å²) in [6.45, 7) is 7.96. The highest BCUT2D eigenvalue weighted by Crippen LogP contribution is 2.23. The molecule has 0 spiro atoms. The normalized spacial score (nSPS) is 17.1. The molecule has 17 heavy (non-hydrogen) atoms. The Balaban J connectivity index is 2.02. The lowest BCUT2D eigenvalue weighted by molar-refractivity contribution is 0.303. The third-order valence-electron chi connectivity index (χ3n) is 3.92. The maximum absolute atomic E-state index is 3.44. The lowest BCUT2D eigenvalue weighted by atomic mass is 10.0. The fraction of sp³-hybridized carbons (Fsp3) is 0.467. The van der Waals surface area contributed by atoms with Crippen LogP contribution in [0.2, 0.25) is 0 Å². The largest absolute Gasteiger partial charge is 0.359 e. The van der Waals surface area contributed by atoms with E-state index in [1.807, 2.05) is 0 Å². The molecule has 0 radical (unpaired) electrons. The van der Waals surface area contributed by atoms with Gasteiger partial charge in [-0.2, -0.15) is 0 Å². The van der Waals surface area contributed by atoms with Gasteiger partial charge in [0.1, 0.15) is 0 Å². The minimum Gasteiger partial charge on any atom is -0.359 e. The Morgan fingerprint density at radius 3 is 2.53 bits per heavy atom. The summed E-state index contributed by atoms with van der Waals surface area (Å²) >= 11 is 0. The van der Waals surface area contributed by atoms with E-state index in [1.54, 1.807) is 5.56 Å². The first-order chi connectivity index (χ1) is 8.26. The summed E-state index contributed by atoms with van der Waals surface area (Å²) in [6, 6.07) is 6.99. The Morgan fingerprint density at radius 1 is 1.12 bits per heavy atom. The first kappa shape index (κ1) is 10.8. The number of fused-ring (bicyclic) bond motifs is 2. The van der Waals surface area contributed by atoms with Crippen LogP contribution in [0, 0.1) is 6.92 Å². The standard InChI is InChI=1S/C15H20N2/c1-3-17-6-4-12-9-14-8-11(2)16-15(14)10-13(12)5-7-17/h8-10,16H,3-7H2,1-2H3. The number of rotatable bonds is 1. The molecule has 0 amide bonds. The molecule has 2 nitrogen and oxygen atoms in total. The molecule has 0 aliphatic carbocycles. The molecule has 2 heterocycles. The van der Waals surface area contributed by atoms with Crippen molar-refractivity contribution in [2.75, 3.05) is 19.6 Å². The van der Waals surface area contributed by atoms with Crippen LogP contribution in [-0.2, 0) is 12.8 Å². The van der Waals surface area contributed by atoms with Crippen LogP contribution in [0.3, 0.4) is 0 Å². The van der Waals surface area contributed by atoms with Crippen LogP contribution in [0.1, 0.15) is 23.7 Å². The molecule has 1 aliphatic rings. The molecule has 1 aromatic carbocycles. The highest BCUT2D eigenvalue weighted by atomic mass is 15.1. The zero-order chi connectivity index (χ0) is 11.8. The molecule has 1 aliphatic heterocycles. The third kappa shape index (κ3) is 1.98. The monoisotopic (exact) mass is 228 g/mol. The van der Waals surface area contributed by atoms with E-state index in [9.17, 15) is 0 Å². The predicted molar refractivity (Wildman–Crippen MR) is 72.6 cm³/mol. The summed E-state index contributed by atoms with van der Waals surface area (Å²) in [6.07, 6.45) is 2.39. The molecule has 0 saturated heterocycles. The van der Waals surface area contributed by atoms with Crippen molar-refractivity contribution in [1.29, 1.82) is 0 Å². The Kier molecular flexibility index (Phi) is 2.67. The van der Waals surface area contributed by atoms with Crippen LogP contribution >= 0.6 is 0 Å². The smallest absolute Gasteiger partial charge is 0.0458 e. The number of aryl methyl sites for hydroxylation is 1. The topological polar surface area (TPSA) is 19.0 Å². The van der Waals surface area contributed by atoms with Gasteiger partial charge in [-0.15, -0.1) is 0 Å². The van der Waals surface area contributed by atoms with E-state index in [1.165, 1.54) is 54.6 Å². The molecule has 0 saturated carbocycles. The number of aromatic nitrogens is 1. The molecule has 2 aromatic rings. The highest BCUT2D eigenvalue weighted by Gasteiger charge is 2.13. The summed E-state index contributed by atoms with van der Waals surface area (Å²) in [4.78, 5) is 5.98. The number of H-pyrrole nitrogens is 1. The quantitative estimate of drug-likeness (QED) is 0.795. The summed E-state index contributed by atoms with van der Waals surface area (Å²) in [5.41, 5.74) is 5.64. The van der Waals surface area contributed by atoms with Gasteiger partial charge in [0.15, 0.2) is 0 Å². The second kappa shape index (κ2) is 4.19. The summed E-state index contributed by atoms with van der Waals surface area (Å²) < 4.78 is 0. The van der Waals surface area contributed by atoms with Gasteiger partial charge in [-0.3, -0.25) is 0 Å². The van der Waals surface area contributed by atoms with Gasteiger partial charge in [0.05, 0.1) is 0 Å². The molecule has 0 bridgehead atoms. The van der Waals surface area contributed by atoms with Crippen molar-refractivity contribution in [2.24, 2.45) is 0 Å². The van der Waals surface area contributed by atoms with E-state index < -0.39 is 0 Å². The number of hydrogen-bond donors (Lipinski definition) is 1. The first-order valence-electron chi connectivity index (χ1n) is 6.59. The van der Waals surface area contributed by atoms with Crippen LogP contribution in [-0.4, -0.2) is 29.5 Å². The zero-order valence-electron chi connectivity index (χ0n) is 10.7. The van der Waals surface area contributed by atoms with Gasteiger partial charge in [-0.25, -0.2) is 0 Å². The number of nitrogens with zero attached hydrogens (tertiary/aromatic N) is 1. The van der Waals surface area contributed by atoms with Crippen molar-refractivity contribution in [1.82, 2.24) is 9.88 Å². The van der Waals surface area contributed by atoms with Gasteiger partial charge >= 0.3 is 0 Å². The van der Waals surface area contributed by atoms with Crippen LogP contribution < -0.4 is 0 Å². The maximum Gasteiger partial charge on any atom is 0.0458 e. The van der Waals surface area contributed by atoms with Crippen molar-refractivity contribution in [3.8, 4) is 0 Å². The Morgan fingerprint density at radius 2 is 1.82 bits per heavy atom. The molecule has 0 atom stereocenters. The van der Waals surface area contributed by atoms with Crippen molar-refractivity contribution in [3.63, 3.8) is 0 Å². The Labute approximate surface area is 103 Å². The van der Waals surface area contributed by atoms with Gasteiger partial charge in [0, 0.05) is 24.3 Å². The van der Waals surface area contributed by atoms with Crippen LogP contribution in [0.15, 0.2) is 18.2 Å². The van der Waals surface area contributed by atoms with Crippen LogP contribution in [0.4, 0.5) is 0 Å². The second-order valence-electron chi connectivity index (χ2n) is 5.09. The maximum atomic E-state index is 3.44. The molecule has 0 unspecified atom stereocenters. The minimum absolute atomic E-state index is 1.17. The Bertz CT molecular complexity index is 494. The third-order valence-corrected chi connectivity index (χ3v) is 3.92. The average molecular weight is 228 g/mol. The number of likely N-dealkylation sites (N-methyl/N-ethyl adjacent to an activating group) is 1. The van der Waals surface area contributed by atoms with Crippen LogP contribution in [0.5, 0.6) is 0 Å². The number of nitrogens with one attached hydrogen (secondary N) is 1. The highest BCUT2D eigenvalue weighted by molar-refractivity contribution is 5.82. The molecule has 90 valence electrons. The number of hydrogen-bond acceptors (Lipinski definition) is 1. The van der Waals surface area contributed by atoms with Gasteiger partial charge in [0.2, 0.25) is 0 Å². The summed E-state index contributed by atoms with van der Waals surface area (Å²) in [7, 11) is 0. The van der Waals surface area contributed by atoms with E-state index in [0.717, 1.165) is 0 Å². The second-order valence-corrected chi connectivity index (χ2v) is 5.09. The summed E-state index contributed by atoms with van der Waals surface area (Å²) in [5.74, 6) is 0. The lowest BCUT2D eigenvalue weighted by Crippen LogP contribution is -2.25. The predicted octanol–water partition coefficient (Wildman–Crippen LogP) is 2.90. The lowest BCUT2D eigenvalue weighted by Gasteiger charge is -2.16. The van der Waals surface area contributed by atoms with Crippen LogP contribution in [0.25, 0.3) is 10.9 Å². The van der Waals surface area contributed by atoms with E-state index in [2.05, 4.69) is 41.9 Å². The van der Waals surface area contributed by atoms with E-state index in [0.29, 0.717) is 0 Å². The molecule has 0 fully saturated rings. The summed E-state index contributed by atoms with van der Waals surface area (Å²) in [5, 5.41) is 1.37. The fourth-order valence-electron chi connectivity index (χ4n) is 2.87. The minimum atomic E-state index is 1.17. The fourth-order valence-corrected chi connectivity index (χ4v) is 2.87. The molecule has 3 rings (SSSR count). The number of benzene rings is 1. The van der Waals surface area contributed by atoms with Crippen molar-refractivity contribution < 1.29 is 0 Å². The molecule has 2 heteroatoms.